The van der Waals surface area contributed by atoms with Crippen molar-refractivity contribution in [2.45, 2.75) is 20.3 Å². The molecule has 4 nitrogen and oxygen atoms in total. The molecule has 0 saturated carbocycles. The van der Waals surface area contributed by atoms with E-state index in [2.05, 4.69) is 36.2 Å². The Morgan fingerprint density at radius 1 is 1.32 bits per heavy atom. The third kappa shape index (κ3) is 3.26. The molecule has 0 aliphatic carbocycles. The Hall–Kier alpha value is -1.56. The summed E-state index contributed by atoms with van der Waals surface area (Å²) >= 11 is 3.35. The van der Waals surface area contributed by atoms with Crippen LogP contribution in [0, 0.1) is 12.7 Å². The maximum Gasteiger partial charge on any atom is 0.186 e. The molecule has 2 heterocycles. The van der Waals surface area contributed by atoms with Crippen LogP contribution < -0.4 is 5.32 Å². The van der Waals surface area contributed by atoms with Crippen molar-refractivity contribution >= 4 is 21.7 Å². The van der Waals surface area contributed by atoms with Crippen LogP contribution in [0.25, 0.3) is 11.4 Å². The van der Waals surface area contributed by atoms with Crippen molar-refractivity contribution in [3.8, 4) is 11.4 Å². The Labute approximate surface area is 119 Å². The molecular formula is C13H14BrFN4. The lowest BCUT2D eigenvalue weighted by Crippen LogP contribution is -2.08. The van der Waals surface area contributed by atoms with Crippen molar-refractivity contribution in [1.29, 1.82) is 0 Å². The molecule has 0 fully saturated rings. The predicted molar refractivity (Wildman–Crippen MR) is 76.4 cm³/mol. The van der Waals surface area contributed by atoms with Crippen LogP contribution in [0.15, 0.2) is 22.9 Å². The maximum absolute atomic E-state index is 13.9. The number of halogens is 2. The van der Waals surface area contributed by atoms with Gasteiger partial charge in [0.25, 0.3) is 0 Å². The van der Waals surface area contributed by atoms with Gasteiger partial charge in [0.15, 0.2) is 17.5 Å². The minimum atomic E-state index is -0.403. The monoisotopic (exact) mass is 324 g/mol. The first kappa shape index (κ1) is 13.9. The second kappa shape index (κ2) is 6.06. The second-order valence-electron chi connectivity index (χ2n) is 4.11. The van der Waals surface area contributed by atoms with Crippen molar-refractivity contribution in [2.24, 2.45) is 0 Å². The number of nitrogens with zero attached hydrogens (tertiary/aromatic N) is 3. The molecule has 0 amide bonds. The summed E-state index contributed by atoms with van der Waals surface area (Å²) in [4.78, 5) is 12.5. The van der Waals surface area contributed by atoms with Crippen molar-refractivity contribution in [1.82, 2.24) is 15.0 Å². The van der Waals surface area contributed by atoms with E-state index in [1.165, 1.54) is 0 Å². The SMILES string of the molecule is CCCNc1nc(-c2cncc(Br)c2)nc(C)c1F. The number of pyridine rings is 1. The van der Waals surface area contributed by atoms with Crippen LogP contribution in [0.3, 0.4) is 0 Å². The predicted octanol–water partition coefficient (Wildman–Crippen LogP) is 3.57. The summed E-state index contributed by atoms with van der Waals surface area (Å²) in [5.74, 6) is 0.302. The van der Waals surface area contributed by atoms with E-state index in [0.717, 1.165) is 16.5 Å². The Bertz CT molecular complexity index is 589. The van der Waals surface area contributed by atoms with E-state index < -0.39 is 5.82 Å². The van der Waals surface area contributed by atoms with Crippen LogP contribution in [0.5, 0.6) is 0 Å². The van der Waals surface area contributed by atoms with E-state index in [-0.39, 0.29) is 5.82 Å². The zero-order chi connectivity index (χ0) is 13.8. The van der Waals surface area contributed by atoms with Gasteiger partial charge in [0.1, 0.15) is 0 Å². The number of rotatable bonds is 4. The lowest BCUT2D eigenvalue weighted by atomic mass is 10.2. The third-order valence-corrected chi connectivity index (χ3v) is 2.96. The van der Waals surface area contributed by atoms with Gasteiger partial charge in [-0.15, -0.1) is 0 Å². The minimum absolute atomic E-state index is 0.240. The van der Waals surface area contributed by atoms with Crippen LogP contribution in [0.2, 0.25) is 0 Å². The highest BCUT2D eigenvalue weighted by atomic mass is 79.9. The van der Waals surface area contributed by atoms with Crippen molar-refractivity contribution in [3.63, 3.8) is 0 Å². The topological polar surface area (TPSA) is 50.7 Å². The summed E-state index contributed by atoms with van der Waals surface area (Å²) in [6, 6.07) is 1.85. The molecule has 2 aromatic heterocycles. The van der Waals surface area contributed by atoms with Gasteiger partial charge in [-0.1, -0.05) is 6.92 Å². The molecule has 0 unspecified atom stereocenters. The van der Waals surface area contributed by atoms with Gasteiger partial charge >= 0.3 is 0 Å². The molecule has 100 valence electrons. The molecular weight excluding hydrogens is 311 g/mol. The molecule has 6 heteroatoms. The van der Waals surface area contributed by atoms with Gasteiger partial charge in [-0.25, -0.2) is 14.4 Å². The fraction of sp³-hybridized carbons (Fsp3) is 0.308. The van der Waals surface area contributed by atoms with E-state index in [9.17, 15) is 4.39 Å². The highest BCUT2D eigenvalue weighted by molar-refractivity contribution is 9.10. The molecule has 0 bridgehead atoms. The van der Waals surface area contributed by atoms with E-state index in [0.29, 0.717) is 18.1 Å². The van der Waals surface area contributed by atoms with Crippen LogP contribution in [0.4, 0.5) is 10.2 Å². The number of nitrogens with one attached hydrogen (secondary N) is 1. The van der Waals surface area contributed by atoms with Gasteiger partial charge in [0.2, 0.25) is 0 Å². The summed E-state index contributed by atoms with van der Waals surface area (Å²) in [6.07, 6.45) is 4.23. The Morgan fingerprint density at radius 2 is 2.11 bits per heavy atom. The average molecular weight is 325 g/mol. The van der Waals surface area contributed by atoms with Crippen LogP contribution in [0.1, 0.15) is 19.0 Å². The molecule has 0 aliphatic heterocycles. The maximum atomic E-state index is 13.9. The molecule has 0 spiro atoms. The van der Waals surface area contributed by atoms with Gasteiger partial charge < -0.3 is 5.32 Å². The van der Waals surface area contributed by atoms with E-state index in [1.807, 2.05) is 13.0 Å². The van der Waals surface area contributed by atoms with Gasteiger partial charge in [0, 0.05) is 29.0 Å². The molecule has 0 atom stereocenters. The minimum Gasteiger partial charge on any atom is -0.368 e. The van der Waals surface area contributed by atoms with Crippen LogP contribution >= 0.6 is 15.9 Å². The zero-order valence-electron chi connectivity index (χ0n) is 10.7. The second-order valence-corrected chi connectivity index (χ2v) is 5.03. The fourth-order valence-corrected chi connectivity index (χ4v) is 1.95. The molecule has 0 aliphatic rings. The van der Waals surface area contributed by atoms with E-state index >= 15 is 0 Å². The molecule has 2 aromatic rings. The van der Waals surface area contributed by atoms with Crippen molar-refractivity contribution < 1.29 is 4.39 Å². The number of aryl methyl sites for hydroxylation is 1. The highest BCUT2D eigenvalue weighted by Gasteiger charge is 2.12. The molecule has 1 N–H and O–H groups in total. The largest absolute Gasteiger partial charge is 0.368 e. The molecule has 0 saturated heterocycles. The summed E-state index contributed by atoms with van der Waals surface area (Å²) in [5, 5.41) is 2.97. The quantitative estimate of drug-likeness (QED) is 0.934. The van der Waals surface area contributed by atoms with Gasteiger partial charge in [-0.3, -0.25) is 4.98 Å². The van der Waals surface area contributed by atoms with Crippen LogP contribution in [-0.2, 0) is 0 Å². The first-order valence-electron chi connectivity index (χ1n) is 6.00. The standard InChI is InChI=1S/C13H14BrFN4/c1-3-4-17-13-11(15)8(2)18-12(19-13)9-5-10(14)7-16-6-9/h5-7H,3-4H2,1-2H3,(H,17,18,19). The molecule has 2 rings (SSSR count). The van der Waals surface area contributed by atoms with Crippen molar-refractivity contribution in [2.75, 3.05) is 11.9 Å². The smallest absolute Gasteiger partial charge is 0.186 e. The fourth-order valence-electron chi connectivity index (χ4n) is 1.58. The Kier molecular flexibility index (Phi) is 4.42. The Balaban J connectivity index is 2.44. The first-order chi connectivity index (χ1) is 9.11. The molecule has 0 radical (unpaired) electrons. The zero-order valence-corrected chi connectivity index (χ0v) is 12.3. The van der Waals surface area contributed by atoms with Gasteiger partial charge in [0.05, 0.1) is 5.69 Å². The number of hydrogen-bond acceptors (Lipinski definition) is 4. The molecule has 0 aromatic carbocycles. The normalized spacial score (nSPS) is 10.5. The summed E-state index contributed by atoms with van der Waals surface area (Å²) < 4.78 is 14.7. The first-order valence-corrected chi connectivity index (χ1v) is 6.80. The summed E-state index contributed by atoms with van der Waals surface area (Å²) in [5.41, 5.74) is 1.07. The number of anilines is 1. The molecule has 19 heavy (non-hydrogen) atoms. The lowest BCUT2D eigenvalue weighted by Gasteiger charge is -2.09. The number of aromatic nitrogens is 3. The third-order valence-electron chi connectivity index (χ3n) is 2.52. The van der Waals surface area contributed by atoms with E-state index in [4.69, 9.17) is 0 Å². The number of hydrogen-bond donors (Lipinski definition) is 1. The van der Waals surface area contributed by atoms with Gasteiger partial charge in [-0.2, -0.15) is 0 Å². The van der Waals surface area contributed by atoms with Gasteiger partial charge in [-0.05, 0) is 35.3 Å². The Morgan fingerprint density at radius 3 is 2.79 bits per heavy atom. The summed E-state index contributed by atoms with van der Waals surface area (Å²) in [7, 11) is 0. The lowest BCUT2D eigenvalue weighted by molar-refractivity contribution is 0.605. The highest BCUT2D eigenvalue weighted by Crippen LogP contribution is 2.22. The van der Waals surface area contributed by atoms with E-state index in [1.54, 1.807) is 19.3 Å². The van der Waals surface area contributed by atoms with Crippen molar-refractivity contribution in [3.05, 3.63) is 34.4 Å². The van der Waals surface area contributed by atoms with Crippen LogP contribution in [-0.4, -0.2) is 21.5 Å². The summed E-state index contributed by atoms with van der Waals surface area (Å²) in [6.45, 7) is 4.31. The average Bonchev–Trinajstić information content (AvgIpc) is 2.40.